The average molecular weight is 309 g/mol. The molecule has 4 heteroatoms. The molecule has 23 heavy (non-hydrogen) atoms. The molecule has 0 fully saturated rings. The molecule has 0 aromatic heterocycles. The fraction of sp³-hybridized carbons (Fsp3) is 0.105. The van der Waals surface area contributed by atoms with Crippen molar-refractivity contribution < 1.29 is 13.9 Å². The third kappa shape index (κ3) is 3.48. The standard InChI is InChI=1S/C19H16FNO2/c1-21(17-9-6-14-4-2-3-5-15(14)12-17)19(22)13-23-18-10-7-16(20)8-11-18/h2-12H,13H2,1H3. The van der Waals surface area contributed by atoms with E-state index < -0.39 is 0 Å². The zero-order valence-corrected chi connectivity index (χ0v) is 12.7. The van der Waals surface area contributed by atoms with Crippen LogP contribution in [0.5, 0.6) is 5.75 Å². The van der Waals surface area contributed by atoms with E-state index >= 15 is 0 Å². The van der Waals surface area contributed by atoms with Crippen LogP contribution < -0.4 is 9.64 Å². The first-order valence-electron chi connectivity index (χ1n) is 7.27. The van der Waals surface area contributed by atoms with Crippen LogP contribution in [-0.2, 0) is 4.79 Å². The number of hydrogen-bond acceptors (Lipinski definition) is 2. The summed E-state index contributed by atoms with van der Waals surface area (Å²) in [5.41, 5.74) is 0.802. The van der Waals surface area contributed by atoms with Crippen LogP contribution in [0.25, 0.3) is 10.8 Å². The minimum atomic E-state index is -0.336. The highest BCUT2D eigenvalue weighted by Gasteiger charge is 2.12. The third-order valence-electron chi connectivity index (χ3n) is 3.67. The minimum Gasteiger partial charge on any atom is -0.484 e. The van der Waals surface area contributed by atoms with Gasteiger partial charge in [-0.1, -0.05) is 30.3 Å². The molecule has 116 valence electrons. The summed E-state index contributed by atoms with van der Waals surface area (Å²) in [6.45, 7) is -0.102. The van der Waals surface area contributed by atoms with Gasteiger partial charge in [0.25, 0.3) is 5.91 Å². The van der Waals surface area contributed by atoms with Gasteiger partial charge in [-0.2, -0.15) is 0 Å². The Balaban J connectivity index is 1.69. The summed E-state index contributed by atoms with van der Waals surface area (Å²) >= 11 is 0. The monoisotopic (exact) mass is 309 g/mol. The van der Waals surface area contributed by atoms with Gasteiger partial charge in [-0.3, -0.25) is 4.79 Å². The first-order valence-corrected chi connectivity index (χ1v) is 7.27. The Bertz CT molecular complexity index is 830. The molecular formula is C19H16FNO2. The predicted octanol–water partition coefficient (Wildman–Crippen LogP) is 4.02. The molecule has 0 spiro atoms. The third-order valence-corrected chi connectivity index (χ3v) is 3.67. The van der Waals surface area contributed by atoms with E-state index in [0.29, 0.717) is 5.75 Å². The van der Waals surface area contributed by atoms with Crippen molar-refractivity contribution in [2.75, 3.05) is 18.6 Å². The number of benzene rings is 3. The highest BCUT2D eigenvalue weighted by atomic mass is 19.1. The van der Waals surface area contributed by atoms with E-state index in [4.69, 9.17) is 4.74 Å². The van der Waals surface area contributed by atoms with E-state index in [-0.39, 0.29) is 18.3 Å². The largest absolute Gasteiger partial charge is 0.484 e. The summed E-state index contributed by atoms with van der Waals surface area (Å²) in [4.78, 5) is 13.8. The molecule has 0 heterocycles. The lowest BCUT2D eigenvalue weighted by Crippen LogP contribution is -2.31. The molecular weight excluding hydrogens is 293 g/mol. The topological polar surface area (TPSA) is 29.5 Å². The quantitative estimate of drug-likeness (QED) is 0.728. The highest BCUT2D eigenvalue weighted by molar-refractivity contribution is 5.96. The van der Waals surface area contributed by atoms with Crippen LogP contribution in [0.15, 0.2) is 66.7 Å². The number of rotatable bonds is 4. The number of nitrogens with zero attached hydrogens (tertiary/aromatic N) is 1. The van der Waals surface area contributed by atoms with Gasteiger partial charge in [-0.15, -0.1) is 0 Å². The van der Waals surface area contributed by atoms with E-state index in [0.717, 1.165) is 16.5 Å². The van der Waals surface area contributed by atoms with Crippen LogP contribution in [0.4, 0.5) is 10.1 Å². The molecule has 3 aromatic rings. The molecule has 0 unspecified atom stereocenters. The Labute approximate surface area is 133 Å². The smallest absolute Gasteiger partial charge is 0.264 e. The average Bonchev–Trinajstić information content (AvgIpc) is 2.60. The first-order chi connectivity index (χ1) is 11.1. The van der Waals surface area contributed by atoms with Gasteiger partial charge in [0.05, 0.1) is 0 Å². The second-order valence-corrected chi connectivity index (χ2v) is 5.23. The normalized spacial score (nSPS) is 10.5. The molecule has 0 aliphatic carbocycles. The van der Waals surface area contributed by atoms with E-state index in [1.54, 1.807) is 11.9 Å². The summed E-state index contributed by atoms with van der Waals surface area (Å²) in [6.07, 6.45) is 0. The second kappa shape index (κ2) is 6.48. The van der Waals surface area contributed by atoms with E-state index in [9.17, 15) is 9.18 Å². The molecule has 0 bridgehead atoms. The lowest BCUT2D eigenvalue weighted by Gasteiger charge is -2.18. The molecule has 1 amide bonds. The number of halogens is 1. The molecule has 0 aliphatic rings. The highest BCUT2D eigenvalue weighted by Crippen LogP contribution is 2.21. The fourth-order valence-corrected chi connectivity index (χ4v) is 2.30. The van der Waals surface area contributed by atoms with Crippen LogP contribution in [0.1, 0.15) is 0 Å². The van der Waals surface area contributed by atoms with Crippen molar-refractivity contribution in [2.45, 2.75) is 0 Å². The lowest BCUT2D eigenvalue weighted by molar-refractivity contribution is -0.120. The Hall–Kier alpha value is -2.88. The molecule has 3 nitrogen and oxygen atoms in total. The SMILES string of the molecule is CN(C(=O)COc1ccc(F)cc1)c1ccc2ccccc2c1. The first kappa shape index (κ1) is 15.0. The van der Waals surface area contributed by atoms with Crippen LogP contribution in [0.2, 0.25) is 0 Å². The number of fused-ring (bicyclic) bond motifs is 1. The molecule has 0 aliphatic heterocycles. The van der Waals surface area contributed by atoms with Crippen molar-refractivity contribution in [3.63, 3.8) is 0 Å². The number of hydrogen-bond donors (Lipinski definition) is 0. The van der Waals surface area contributed by atoms with Gasteiger partial charge in [-0.25, -0.2) is 4.39 Å². The maximum Gasteiger partial charge on any atom is 0.264 e. The molecule has 3 rings (SSSR count). The minimum absolute atomic E-state index is 0.102. The van der Waals surface area contributed by atoms with Crippen molar-refractivity contribution in [2.24, 2.45) is 0 Å². The number of likely N-dealkylation sites (N-methyl/N-ethyl adjacent to an activating group) is 1. The van der Waals surface area contributed by atoms with Gasteiger partial charge >= 0.3 is 0 Å². The van der Waals surface area contributed by atoms with Crippen molar-refractivity contribution in [3.8, 4) is 5.75 Å². The Morgan fingerprint density at radius 2 is 1.70 bits per heavy atom. The van der Waals surface area contributed by atoms with Gasteiger partial charge in [-0.05, 0) is 47.2 Å². The fourth-order valence-electron chi connectivity index (χ4n) is 2.30. The van der Waals surface area contributed by atoms with Gasteiger partial charge < -0.3 is 9.64 Å². The Morgan fingerprint density at radius 1 is 1.00 bits per heavy atom. The zero-order chi connectivity index (χ0) is 16.2. The van der Waals surface area contributed by atoms with Gasteiger partial charge in [0.15, 0.2) is 6.61 Å². The molecule has 0 radical (unpaired) electrons. The van der Waals surface area contributed by atoms with Crippen LogP contribution in [0.3, 0.4) is 0 Å². The van der Waals surface area contributed by atoms with E-state index in [1.165, 1.54) is 24.3 Å². The molecule has 3 aromatic carbocycles. The number of ether oxygens (including phenoxy) is 1. The van der Waals surface area contributed by atoms with Crippen molar-refractivity contribution in [1.82, 2.24) is 0 Å². The zero-order valence-electron chi connectivity index (χ0n) is 12.7. The van der Waals surface area contributed by atoms with Crippen molar-refractivity contribution >= 4 is 22.4 Å². The molecule has 0 saturated carbocycles. The van der Waals surface area contributed by atoms with E-state index in [1.807, 2.05) is 42.5 Å². The van der Waals surface area contributed by atoms with Crippen LogP contribution >= 0.6 is 0 Å². The summed E-state index contributed by atoms with van der Waals surface area (Å²) in [6, 6.07) is 19.4. The second-order valence-electron chi connectivity index (χ2n) is 5.23. The van der Waals surface area contributed by atoms with Gasteiger partial charge in [0.1, 0.15) is 11.6 Å². The molecule has 0 N–H and O–H groups in total. The number of anilines is 1. The Morgan fingerprint density at radius 3 is 2.43 bits per heavy atom. The van der Waals surface area contributed by atoms with Crippen molar-refractivity contribution in [1.29, 1.82) is 0 Å². The summed E-state index contributed by atoms with van der Waals surface area (Å²) < 4.78 is 18.2. The maximum atomic E-state index is 12.8. The Kier molecular flexibility index (Phi) is 4.24. The lowest BCUT2D eigenvalue weighted by atomic mass is 10.1. The number of carbonyl (C=O) groups excluding carboxylic acids is 1. The number of carbonyl (C=O) groups is 1. The summed E-state index contributed by atoms with van der Waals surface area (Å²) in [5.74, 6) is -0.0479. The summed E-state index contributed by atoms with van der Waals surface area (Å²) in [5, 5.41) is 2.20. The van der Waals surface area contributed by atoms with E-state index in [2.05, 4.69) is 0 Å². The molecule has 0 atom stereocenters. The van der Waals surface area contributed by atoms with Crippen LogP contribution in [-0.4, -0.2) is 19.6 Å². The molecule has 0 saturated heterocycles. The summed E-state index contributed by atoms with van der Waals surface area (Å²) in [7, 11) is 1.71. The predicted molar refractivity (Wildman–Crippen MR) is 89.3 cm³/mol. The van der Waals surface area contributed by atoms with Gasteiger partial charge in [0, 0.05) is 12.7 Å². The van der Waals surface area contributed by atoms with Crippen molar-refractivity contribution in [3.05, 3.63) is 72.5 Å². The maximum absolute atomic E-state index is 12.8. The van der Waals surface area contributed by atoms with Gasteiger partial charge in [0.2, 0.25) is 0 Å². The van der Waals surface area contributed by atoms with Crippen LogP contribution in [0, 0.1) is 5.82 Å². The number of amides is 1.